The van der Waals surface area contributed by atoms with E-state index in [1.54, 1.807) is 18.2 Å². The molecule has 0 aliphatic rings. The zero-order valence-corrected chi connectivity index (χ0v) is 15.0. The number of rotatable bonds is 5. The maximum Gasteiger partial charge on any atom is 0.417 e. The first-order valence-electron chi connectivity index (χ1n) is 7.40. The summed E-state index contributed by atoms with van der Waals surface area (Å²) in [6, 6.07) is 9.06. The Labute approximate surface area is 162 Å². The number of carbonyl (C=O) groups excluding carboxylic acids is 2. The van der Waals surface area contributed by atoms with E-state index >= 15 is 0 Å². The van der Waals surface area contributed by atoms with Gasteiger partial charge in [0.25, 0.3) is 11.8 Å². The maximum absolute atomic E-state index is 12.9. The van der Waals surface area contributed by atoms with Gasteiger partial charge in [-0.1, -0.05) is 41.4 Å². The molecule has 2 rings (SSSR count). The Hall–Kier alpha value is -2.58. The van der Waals surface area contributed by atoms with Crippen molar-refractivity contribution >= 4 is 41.2 Å². The molecule has 0 radical (unpaired) electrons. The van der Waals surface area contributed by atoms with Crippen LogP contribution in [-0.2, 0) is 11.0 Å². The second-order valence-corrected chi connectivity index (χ2v) is 5.97. The maximum atomic E-state index is 12.9. The van der Waals surface area contributed by atoms with Gasteiger partial charge < -0.3 is 5.32 Å². The fourth-order valence-corrected chi connectivity index (χ4v) is 2.52. The van der Waals surface area contributed by atoms with Gasteiger partial charge in [-0.3, -0.25) is 9.59 Å². The zero-order chi connectivity index (χ0) is 20.0. The molecule has 2 amide bonds. The highest BCUT2D eigenvalue weighted by Crippen LogP contribution is 2.31. The smallest absolute Gasteiger partial charge is 0.343 e. The van der Waals surface area contributed by atoms with Crippen molar-refractivity contribution in [2.24, 2.45) is 5.10 Å². The number of nitrogens with zero attached hydrogens (tertiary/aromatic N) is 1. The first-order valence-corrected chi connectivity index (χ1v) is 8.16. The quantitative estimate of drug-likeness (QED) is 0.572. The third-order valence-electron chi connectivity index (χ3n) is 3.27. The molecule has 0 atom stereocenters. The minimum Gasteiger partial charge on any atom is -0.343 e. The van der Waals surface area contributed by atoms with Crippen molar-refractivity contribution in [3.8, 4) is 0 Å². The summed E-state index contributed by atoms with van der Waals surface area (Å²) in [5.74, 6) is -1.77. The zero-order valence-electron chi connectivity index (χ0n) is 13.5. The van der Waals surface area contributed by atoms with Gasteiger partial charge in [0.1, 0.15) is 0 Å². The fraction of sp³-hybridized carbons (Fsp3) is 0.118. The Balaban J connectivity index is 1.95. The summed E-state index contributed by atoms with van der Waals surface area (Å²) < 4.78 is 38.7. The van der Waals surface area contributed by atoms with Crippen LogP contribution in [0.25, 0.3) is 0 Å². The number of hydrazone groups is 1. The van der Waals surface area contributed by atoms with Crippen LogP contribution in [-0.4, -0.2) is 24.6 Å². The third kappa shape index (κ3) is 5.70. The van der Waals surface area contributed by atoms with Gasteiger partial charge in [-0.05, 0) is 24.3 Å². The van der Waals surface area contributed by atoms with Gasteiger partial charge in [0, 0.05) is 5.56 Å². The molecule has 0 fully saturated rings. The van der Waals surface area contributed by atoms with Crippen molar-refractivity contribution in [1.82, 2.24) is 10.7 Å². The van der Waals surface area contributed by atoms with Gasteiger partial charge in [-0.15, -0.1) is 0 Å². The summed E-state index contributed by atoms with van der Waals surface area (Å²) in [6.45, 7) is -0.571. The van der Waals surface area contributed by atoms with E-state index in [1.165, 1.54) is 18.3 Å². The standard InChI is InChI=1S/C17H12Cl2F3N3O2/c18-13-6-3-7-14(19)11(13)8-24-25-15(26)9-23-16(27)10-4-1-2-5-12(10)17(20,21)22/h1-8H,9H2,(H,23,27)(H,25,26)/b24-8+. The molecule has 0 aliphatic heterocycles. The Morgan fingerprint density at radius 1 is 1.04 bits per heavy atom. The van der Waals surface area contributed by atoms with Crippen LogP contribution in [0.1, 0.15) is 21.5 Å². The van der Waals surface area contributed by atoms with Gasteiger partial charge >= 0.3 is 6.18 Å². The molecule has 0 heterocycles. The van der Waals surface area contributed by atoms with Crippen LogP contribution in [0.2, 0.25) is 10.0 Å². The monoisotopic (exact) mass is 417 g/mol. The third-order valence-corrected chi connectivity index (χ3v) is 3.93. The van der Waals surface area contributed by atoms with Crippen molar-refractivity contribution in [3.05, 3.63) is 69.2 Å². The Morgan fingerprint density at radius 2 is 1.67 bits per heavy atom. The van der Waals surface area contributed by atoms with Gasteiger partial charge in [0.05, 0.1) is 33.9 Å². The van der Waals surface area contributed by atoms with E-state index in [-0.39, 0.29) is 0 Å². The van der Waals surface area contributed by atoms with Crippen LogP contribution in [0.5, 0.6) is 0 Å². The van der Waals surface area contributed by atoms with E-state index in [4.69, 9.17) is 23.2 Å². The molecule has 0 unspecified atom stereocenters. The Morgan fingerprint density at radius 3 is 2.30 bits per heavy atom. The summed E-state index contributed by atoms with van der Waals surface area (Å²) in [6.07, 6.45) is -3.47. The number of nitrogens with one attached hydrogen (secondary N) is 2. The largest absolute Gasteiger partial charge is 0.417 e. The molecule has 2 aromatic carbocycles. The van der Waals surface area contributed by atoms with Crippen molar-refractivity contribution < 1.29 is 22.8 Å². The molecule has 0 saturated heterocycles. The van der Waals surface area contributed by atoms with Crippen LogP contribution >= 0.6 is 23.2 Å². The number of hydrogen-bond acceptors (Lipinski definition) is 3. The average molecular weight is 418 g/mol. The highest BCUT2D eigenvalue weighted by molar-refractivity contribution is 6.38. The lowest BCUT2D eigenvalue weighted by molar-refractivity contribution is -0.137. The van der Waals surface area contributed by atoms with Gasteiger partial charge in [0.15, 0.2) is 0 Å². The number of hydrogen-bond donors (Lipinski definition) is 2. The van der Waals surface area contributed by atoms with E-state index in [0.29, 0.717) is 15.6 Å². The summed E-state index contributed by atoms with van der Waals surface area (Å²) >= 11 is 11.9. The second kappa shape index (κ2) is 8.88. The molecule has 0 bridgehead atoms. The van der Waals surface area contributed by atoms with Crippen LogP contribution in [0.3, 0.4) is 0 Å². The number of alkyl halides is 3. The van der Waals surface area contributed by atoms with Crippen LogP contribution < -0.4 is 10.7 Å². The lowest BCUT2D eigenvalue weighted by Gasteiger charge is -2.12. The highest BCUT2D eigenvalue weighted by atomic mass is 35.5. The molecule has 0 aliphatic carbocycles. The van der Waals surface area contributed by atoms with Gasteiger partial charge in [0.2, 0.25) is 0 Å². The molecule has 5 nitrogen and oxygen atoms in total. The first-order chi connectivity index (χ1) is 12.7. The van der Waals surface area contributed by atoms with Gasteiger partial charge in [-0.2, -0.15) is 18.3 Å². The van der Waals surface area contributed by atoms with Crippen molar-refractivity contribution in [1.29, 1.82) is 0 Å². The molecule has 0 saturated carbocycles. The Kier molecular flexibility index (Phi) is 6.81. The molecule has 0 spiro atoms. The molecule has 142 valence electrons. The van der Waals surface area contributed by atoms with E-state index in [0.717, 1.165) is 12.1 Å². The number of halogens is 5. The minimum atomic E-state index is -4.69. The van der Waals surface area contributed by atoms with Crippen molar-refractivity contribution in [3.63, 3.8) is 0 Å². The molecular weight excluding hydrogens is 406 g/mol. The topological polar surface area (TPSA) is 70.6 Å². The van der Waals surface area contributed by atoms with Crippen molar-refractivity contribution in [2.45, 2.75) is 6.18 Å². The first kappa shape index (κ1) is 20.7. The SMILES string of the molecule is O=C(CNC(=O)c1ccccc1C(F)(F)F)N/N=C/c1c(Cl)cccc1Cl. The Bertz CT molecular complexity index is 866. The minimum absolute atomic E-state index is 0.317. The van der Waals surface area contributed by atoms with Crippen LogP contribution in [0.15, 0.2) is 47.6 Å². The summed E-state index contributed by atoms with van der Waals surface area (Å²) in [4.78, 5) is 23.6. The van der Waals surface area contributed by atoms with E-state index < -0.39 is 35.7 Å². The predicted octanol–water partition coefficient (Wildman–Crippen LogP) is 3.89. The predicted molar refractivity (Wildman–Crippen MR) is 96.0 cm³/mol. The average Bonchev–Trinajstić information content (AvgIpc) is 2.61. The number of benzene rings is 2. The second-order valence-electron chi connectivity index (χ2n) is 5.15. The molecule has 10 heteroatoms. The molecular formula is C17H12Cl2F3N3O2. The van der Waals surface area contributed by atoms with Gasteiger partial charge in [-0.25, -0.2) is 5.43 Å². The van der Waals surface area contributed by atoms with E-state index in [9.17, 15) is 22.8 Å². The fourth-order valence-electron chi connectivity index (χ4n) is 2.03. The molecule has 27 heavy (non-hydrogen) atoms. The van der Waals surface area contributed by atoms with Crippen LogP contribution in [0, 0.1) is 0 Å². The van der Waals surface area contributed by atoms with Crippen LogP contribution in [0.4, 0.5) is 13.2 Å². The molecule has 2 aromatic rings. The molecule has 0 aromatic heterocycles. The lowest BCUT2D eigenvalue weighted by atomic mass is 10.1. The lowest BCUT2D eigenvalue weighted by Crippen LogP contribution is -2.35. The number of amides is 2. The normalized spacial score (nSPS) is 11.4. The highest BCUT2D eigenvalue weighted by Gasteiger charge is 2.34. The van der Waals surface area contributed by atoms with E-state index in [1.807, 2.05) is 0 Å². The summed E-state index contributed by atoms with van der Waals surface area (Å²) in [5, 5.41) is 6.39. The molecule has 2 N–H and O–H groups in total. The summed E-state index contributed by atoms with van der Waals surface area (Å²) in [5.41, 5.74) is 0.824. The van der Waals surface area contributed by atoms with Crippen molar-refractivity contribution in [2.75, 3.05) is 6.54 Å². The van der Waals surface area contributed by atoms with E-state index in [2.05, 4.69) is 15.8 Å². The number of carbonyl (C=O) groups is 2. The summed E-state index contributed by atoms with van der Waals surface area (Å²) in [7, 11) is 0.